The maximum Gasteiger partial charge on any atom is 0.317 e. The molecule has 0 aromatic rings. The van der Waals surface area contributed by atoms with Crippen LogP contribution in [-0.4, -0.2) is 17.4 Å². The number of carbonyl (C=O) groups excluding carboxylic acids is 1. The Kier molecular flexibility index (Phi) is 3.79. The van der Waals surface area contributed by atoms with Crippen LogP contribution in [0.4, 0.5) is 0 Å². The highest BCUT2D eigenvalue weighted by Crippen LogP contribution is 2.24. The van der Waals surface area contributed by atoms with E-state index in [1.807, 2.05) is 0 Å². The van der Waals surface area contributed by atoms with Crippen LogP contribution in [-0.2, 0) is 9.53 Å². The molecule has 0 aliphatic heterocycles. The highest BCUT2D eigenvalue weighted by molar-refractivity contribution is 9.09. The van der Waals surface area contributed by atoms with Crippen LogP contribution < -0.4 is 0 Å². The van der Waals surface area contributed by atoms with Gasteiger partial charge in [-0.25, -0.2) is 0 Å². The Hall–Kier alpha value is -0.310. The van der Waals surface area contributed by atoms with Crippen molar-refractivity contribution in [1.82, 2.24) is 0 Å². The molecule has 1 fully saturated rings. The van der Waals surface area contributed by atoms with Crippen LogP contribution >= 0.6 is 15.9 Å². The van der Waals surface area contributed by atoms with E-state index in [2.05, 4.69) is 22.5 Å². The molecule has 0 radical (unpaired) electrons. The van der Waals surface area contributed by atoms with Gasteiger partial charge in [-0.15, -0.1) is 0 Å². The third kappa shape index (κ3) is 2.63. The molecule has 12 heavy (non-hydrogen) atoms. The van der Waals surface area contributed by atoms with Gasteiger partial charge in [0.1, 0.15) is 11.4 Å². The molecule has 0 bridgehead atoms. The topological polar surface area (TPSA) is 26.3 Å². The van der Waals surface area contributed by atoms with Gasteiger partial charge in [0.25, 0.3) is 0 Å². The summed E-state index contributed by atoms with van der Waals surface area (Å²) in [6, 6.07) is 0. The van der Waals surface area contributed by atoms with Crippen molar-refractivity contribution >= 4 is 21.9 Å². The van der Waals surface area contributed by atoms with Crippen molar-refractivity contribution in [2.24, 2.45) is 0 Å². The maximum absolute atomic E-state index is 10.9. The second-order valence-electron chi connectivity index (χ2n) is 3.02. The fraction of sp³-hybridized carbons (Fsp3) is 0.667. The number of rotatable bonds is 2. The highest BCUT2D eigenvalue weighted by atomic mass is 79.9. The van der Waals surface area contributed by atoms with Crippen LogP contribution in [0.2, 0.25) is 0 Å². The summed E-state index contributed by atoms with van der Waals surface area (Å²) in [4.78, 5) is 10.9. The monoisotopic (exact) mass is 232 g/mol. The summed E-state index contributed by atoms with van der Waals surface area (Å²) in [5.74, 6) is -0.192. The van der Waals surface area contributed by atoms with E-state index in [-0.39, 0.29) is 17.4 Å². The van der Waals surface area contributed by atoms with Crippen LogP contribution in [0.3, 0.4) is 0 Å². The van der Waals surface area contributed by atoms with Crippen LogP contribution in [0.25, 0.3) is 0 Å². The predicted molar refractivity (Wildman–Crippen MR) is 51.3 cm³/mol. The van der Waals surface area contributed by atoms with E-state index < -0.39 is 0 Å². The minimum absolute atomic E-state index is 0.0243. The van der Waals surface area contributed by atoms with Gasteiger partial charge in [0, 0.05) is 0 Å². The number of hydrogen-bond acceptors (Lipinski definition) is 2. The van der Waals surface area contributed by atoms with Crippen molar-refractivity contribution in [2.75, 3.05) is 5.33 Å². The van der Waals surface area contributed by atoms with Gasteiger partial charge < -0.3 is 4.74 Å². The molecule has 1 aliphatic carbocycles. The Labute approximate surface area is 81.1 Å². The summed E-state index contributed by atoms with van der Waals surface area (Å²) >= 11 is 3.06. The van der Waals surface area contributed by atoms with E-state index in [0.717, 1.165) is 24.8 Å². The van der Waals surface area contributed by atoms with Crippen LogP contribution in [0.5, 0.6) is 0 Å². The van der Waals surface area contributed by atoms with Crippen molar-refractivity contribution in [2.45, 2.75) is 31.8 Å². The number of hydrogen-bond donors (Lipinski definition) is 0. The molecule has 0 aromatic carbocycles. The van der Waals surface area contributed by atoms with Gasteiger partial charge in [0.05, 0.1) is 0 Å². The number of halogens is 1. The molecule has 1 saturated carbocycles. The maximum atomic E-state index is 10.9. The van der Waals surface area contributed by atoms with Crippen molar-refractivity contribution in [1.29, 1.82) is 0 Å². The second-order valence-corrected chi connectivity index (χ2v) is 3.58. The summed E-state index contributed by atoms with van der Waals surface area (Å²) in [6.07, 6.45) is 4.24. The number of alkyl halides is 1. The van der Waals surface area contributed by atoms with Gasteiger partial charge >= 0.3 is 5.97 Å². The SMILES string of the molecule is C=C1CCCCC1OC(=O)CBr. The molecule has 0 spiro atoms. The van der Waals surface area contributed by atoms with Crippen molar-refractivity contribution in [3.05, 3.63) is 12.2 Å². The molecule has 0 N–H and O–H groups in total. The average molecular weight is 233 g/mol. The lowest BCUT2D eigenvalue weighted by Gasteiger charge is -2.23. The Bertz CT molecular complexity index is 189. The lowest BCUT2D eigenvalue weighted by atomic mass is 9.93. The molecular weight excluding hydrogens is 220 g/mol. The van der Waals surface area contributed by atoms with Crippen LogP contribution in [0, 0.1) is 0 Å². The molecule has 68 valence electrons. The summed E-state index contributed by atoms with van der Waals surface area (Å²) < 4.78 is 5.17. The van der Waals surface area contributed by atoms with Crippen LogP contribution in [0.1, 0.15) is 25.7 Å². The van der Waals surface area contributed by atoms with Gasteiger partial charge in [0.15, 0.2) is 0 Å². The van der Waals surface area contributed by atoms with Gasteiger partial charge in [-0.05, 0) is 31.3 Å². The fourth-order valence-corrected chi connectivity index (χ4v) is 1.51. The van der Waals surface area contributed by atoms with E-state index in [4.69, 9.17) is 4.74 Å². The smallest absolute Gasteiger partial charge is 0.317 e. The van der Waals surface area contributed by atoms with E-state index in [9.17, 15) is 4.79 Å². The minimum atomic E-state index is -0.192. The van der Waals surface area contributed by atoms with Gasteiger partial charge in [-0.1, -0.05) is 22.5 Å². The van der Waals surface area contributed by atoms with Gasteiger partial charge in [-0.3, -0.25) is 4.79 Å². The minimum Gasteiger partial charge on any atom is -0.457 e. The first-order chi connectivity index (χ1) is 5.74. The molecule has 1 rings (SSSR count). The van der Waals surface area contributed by atoms with E-state index >= 15 is 0 Å². The zero-order chi connectivity index (χ0) is 8.97. The third-order valence-corrected chi connectivity index (χ3v) is 2.51. The molecule has 0 amide bonds. The Morgan fingerprint density at radius 1 is 1.67 bits per heavy atom. The summed E-state index contributed by atoms with van der Waals surface area (Å²) in [7, 11) is 0. The summed E-state index contributed by atoms with van der Waals surface area (Å²) in [6.45, 7) is 3.89. The first-order valence-corrected chi connectivity index (χ1v) is 5.29. The normalized spacial score (nSPS) is 23.8. The quantitative estimate of drug-likeness (QED) is 0.416. The van der Waals surface area contributed by atoms with Crippen molar-refractivity contribution in [3.8, 4) is 0 Å². The Morgan fingerprint density at radius 2 is 2.42 bits per heavy atom. The third-order valence-electron chi connectivity index (χ3n) is 2.05. The highest BCUT2D eigenvalue weighted by Gasteiger charge is 2.20. The van der Waals surface area contributed by atoms with E-state index in [1.54, 1.807) is 0 Å². The van der Waals surface area contributed by atoms with Gasteiger partial charge in [-0.2, -0.15) is 0 Å². The number of carbonyl (C=O) groups is 1. The first-order valence-electron chi connectivity index (χ1n) is 4.17. The van der Waals surface area contributed by atoms with E-state index in [1.165, 1.54) is 6.42 Å². The zero-order valence-corrected chi connectivity index (χ0v) is 8.60. The van der Waals surface area contributed by atoms with Crippen molar-refractivity contribution in [3.63, 3.8) is 0 Å². The lowest BCUT2D eigenvalue weighted by molar-refractivity contribution is -0.144. The van der Waals surface area contributed by atoms with Gasteiger partial charge in [0.2, 0.25) is 0 Å². The largest absolute Gasteiger partial charge is 0.457 e. The standard InChI is InChI=1S/C9H13BrO2/c1-7-4-2-3-5-8(7)12-9(11)6-10/h8H,1-6H2. The first kappa shape index (κ1) is 9.78. The Morgan fingerprint density at radius 3 is 3.00 bits per heavy atom. The lowest BCUT2D eigenvalue weighted by Crippen LogP contribution is -2.23. The summed E-state index contributed by atoms with van der Waals surface area (Å²) in [5.41, 5.74) is 1.07. The molecule has 1 aliphatic rings. The fourth-order valence-electron chi connectivity index (χ4n) is 1.38. The molecular formula is C9H13BrO2. The molecule has 1 atom stereocenters. The Balaban J connectivity index is 2.39. The zero-order valence-electron chi connectivity index (χ0n) is 7.01. The second kappa shape index (κ2) is 4.65. The number of ether oxygens (including phenoxy) is 1. The molecule has 2 nitrogen and oxygen atoms in total. The molecule has 0 heterocycles. The number of esters is 1. The molecule has 0 aromatic heterocycles. The van der Waals surface area contributed by atoms with E-state index in [0.29, 0.717) is 0 Å². The molecule has 3 heteroatoms. The molecule has 0 saturated heterocycles. The predicted octanol–water partition coefficient (Wildman–Crippen LogP) is 2.42. The van der Waals surface area contributed by atoms with Crippen LogP contribution in [0.15, 0.2) is 12.2 Å². The average Bonchev–Trinajstić information content (AvgIpc) is 2.09. The summed E-state index contributed by atoms with van der Waals surface area (Å²) in [5, 5.41) is 0.275. The molecule has 1 unspecified atom stereocenters. The van der Waals surface area contributed by atoms with Crippen molar-refractivity contribution < 1.29 is 9.53 Å².